The monoisotopic (exact) mass is 629 g/mol. The minimum atomic E-state index is -2.75. The molecule has 1 amide bonds. The smallest absolute Gasteiger partial charge is 0.415 e. The lowest BCUT2D eigenvalue weighted by molar-refractivity contribution is 0.0807. The van der Waals surface area contributed by atoms with Gasteiger partial charge in [-0.15, -0.1) is 0 Å². The van der Waals surface area contributed by atoms with Crippen molar-refractivity contribution in [2.45, 2.75) is 23.6 Å². The maximum absolute atomic E-state index is 12.9. The highest BCUT2D eigenvalue weighted by atomic mass is 35.6. The van der Waals surface area contributed by atoms with Crippen LogP contribution in [-0.2, 0) is 15.7 Å². The molecule has 1 heterocycles. The van der Waals surface area contributed by atoms with Gasteiger partial charge >= 0.3 is 6.09 Å². The molecule has 0 aliphatic heterocycles. The summed E-state index contributed by atoms with van der Waals surface area (Å²) in [5.74, 6) is -0.121. The number of ether oxygens (including phenoxy) is 1. The normalized spacial score (nSPS) is 13.2. The molecule has 0 bridgehead atoms. The predicted octanol–water partition coefficient (Wildman–Crippen LogP) is 8.47. The number of hydrogen-bond acceptors (Lipinski definition) is 3. The van der Waals surface area contributed by atoms with Crippen molar-refractivity contribution < 1.29 is 9.53 Å². The van der Waals surface area contributed by atoms with E-state index < -0.39 is 23.1 Å². The van der Waals surface area contributed by atoms with E-state index in [1.54, 1.807) is 54.6 Å². The Morgan fingerprint density at radius 2 is 1.45 bits per heavy atom. The number of hydrogen-bond donors (Lipinski definition) is 1. The molecule has 0 saturated heterocycles. The molecule has 2 aromatic carbocycles. The molecule has 33 heavy (non-hydrogen) atoms. The molecule has 3 rings (SSSR count). The first-order chi connectivity index (χ1) is 15.2. The number of amides is 1. The number of imidazole rings is 1. The summed E-state index contributed by atoms with van der Waals surface area (Å²) in [4.78, 5) is 20.3. The van der Waals surface area contributed by atoms with Crippen LogP contribution in [0.15, 0.2) is 54.6 Å². The van der Waals surface area contributed by atoms with Gasteiger partial charge in [-0.3, -0.25) is 0 Å². The third-order valence-electron chi connectivity index (χ3n) is 4.38. The van der Waals surface area contributed by atoms with Crippen LogP contribution >= 0.6 is 104 Å². The van der Waals surface area contributed by atoms with Gasteiger partial charge in [-0.2, -0.15) is 0 Å². The van der Waals surface area contributed by atoms with Gasteiger partial charge in [0.1, 0.15) is 12.4 Å². The van der Waals surface area contributed by atoms with Gasteiger partial charge in [0.25, 0.3) is 3.92 Å². The Balaban J connectivity index is 1.97. The van der Waals surface area contributed by atoms with E-state index in [1.165, 1.54) is 0 Å². The van der Waals surface area contributed by atoms with E-state index in [0.29, 0.717) is 21.5 Å². The molecule has 0 saturated carbocycles. The number of para-hydroxylation sites is 2. The average Bonchev–Trinajstić information content (AvgIpc) is 3.16. The molecule has 1 aromatic heterocycles. The lowest BCUT2D eigenvalue weighted by atomic mass is 10.2. The largest absolute Gasteiger partial charge is 0.444 e. The fourth-order valence-corrected chi connectivity index (χ4v) is 5.26. The molecule has 0 radical (unpaired) electrons. The van der Waals surface area contributed by atoms with Gasteiger partial charge in [-0.05, 0) is 17.7 Å². The Morgan fingerprint density at radius 1 is 0.879 bits per heavy atom. The van der Waals surface area contributed by atoms with E-state index in [9.17, 15) is 4.79 Å². The highest BCUT2D eigenvalue weighted by molar-refractivity contribution is 6.72. The first kappa shape index (κ1) is 27.4. The van der Waals surface area contributed by atoms with Crippen LogP contribution in [0.4, 0.5) is 4.79 Å². The maximum atomic E-state index is 12.9. The number of carbonyl (C=O) groups excluding carboxylic acids is 1. The summed E-state index contributed by atoms with van der Waals surface area (Å²) >= 11 is 56.9. The number of aromatic nitrogens is 2. The summed E-state index contributed by atoms with van der Waals surface area (Å²) in [5, 5.41) is 0. The van der Waals surface area contributed by atoms with Crippen LogP contribution in [0.25, 0.3) is 11.0 Å². The summed E-state index contributed by atoms with van der Waals surface area (Å²) in [6.45, 7) is -0.200. The van der Waals surface area contributed by atoms with Crippen molar-refractivity contribution in [3.05, 3.63) is 66.0 Å². The lowest BCUT2D eigenvalue weighted by Gasteiger charge is -2.46. The molecule has 0 unspecified atom stereocenters. The van der Waals surface area contributed by atoms with Crippen molar-refractivity contribution in [2.75, 3.05) is 0 Å². The number of fused-ring (bicyclic) bond motifs is 1. The second-order valence-electron chi connectivity index (χ2n) is 6.64. The Morgan fingerprint density at radius 3 is 2.03 bits per heavy atom. The zero-order valence-corrected chi connectivity index (χ0v) is 22.8. The summed E-state index contributed by atoms with van der Waals surface area (Å²) in [6.07, 6.45) is -1.26. The van der Waals surface area contributed by atoms with Crippen molar-refractivity contribution in [1.29, 1.82) is 0 Å². The molecule has 178 valence electrons. The Bertz CT molecular complexity index is 1100. The van der Waals surface area contributed by atoms with E-state index in [0.717, 1.165) is 0 Å². The van der Waals surface area contributed by atoms with Crippen LogP contribution in [-0.4, -0.2) is 33.7 Å². The number of nitrogens with one attached hydrogen (secondary N) is 1. The highest BCUT2D eigenvalue weighted by Crippen LogP contribution is 2.61. The second kappa shape index (κ2) is 10.0. The van der Waals surface area contributed by atoms with Gasteiger partial charge < -0.3 is 9.72 Å². The molecule has 0 aliphatic rings. The zero-order valence-electron chi connectivity index (χ0n) is 16.0. The van der Waals surface area contributed by atoms with Gasteiger partial charge in [-0.25, -0.2) is 14.7 Å². The molecule has 0 aliphatic carbocycles. The number of H-pyrrole nitrogens is 1. The molecular formula is C19H12Cl9N3O2. The minimum Gasteiger partial charge on any atom is -0.444 e. The average molecular weight is 633 g/mol. The van der Waals surface area contributed by atoms with E-state index in [2.05, 4.69) is 9.97 Å². The van der Waals surface area contributed by atoms with Gasteiger partial charge in [0.2, 0.25) is 13.1 Å². The van der Waals surface area contributed by atoms with Gasteiger partial charge in [0, 0.05) is 0 Å². The number of rotatable bonds is 6. The quantitative estimate of drug-likeness (QED) is 0.219. The van der Waals surface area contributed by atoms with Crippen LogP contribution in [0, 0.1) is 0 Å². The summed E-state index contributed by atoms with van der Waals surface area (Å²) < 4.78 is -5.10. The summed E-state index contributed by atoms with van der Waals surface area (Å²) in [5.41, 5.74) is 1.70. The molecule has 0 atom stereocenters. The van der Waals surface area contributed by atoms with Gasteiger partial charge in [0.15, 0.2) is 0 Å². The summed E-state index contributed by atoms with van der Waals surface area (Å²) in [6, 6.07) is 15.6. The van der Waals surface area contributed by atoms with Gasteiger partial charge in [0.05, 0.1) is 11.0 Å². The predicted molar refractivity (Wildman–Crippen MR) is 137 cm³/mol. The zero-order chi connectivity index (χ0) is 24.7. The number of aromatic amines is 1. The molecule has 1 N–H and O–H groups in total. The number of halogens is 9. The second-order valence-corrected chi connectivity index (χ2v) is 12.8. The van der Waals surface area contributed by atoms with E-state index in [1.807, 2.05) is 0 Å². The standard InChI is InChI=1S/C19H12Cl9N3O2/c20-16(21,14-29-12-8-4-5-9-13(12)30-14)17(22,23)18(24,25)31(19(26,27)28)15(32)33-10-11-6-2-1-3-7-11/h1-9H,10H2,(H,29,30). The van der Waals surface area contributed by atoms with Crippen LogP contribution in [0.3, 0.4) is 0 Å². The van der Waals surface area contributed by atoms with Crippen LogP contribution in [0.2, 0.25) is 0 Å². The number of benzene rings is 2. The van der Waals surface area contributed by atoms with E-state index in [-0.39, 0.29) is 12.4 Å². The fraction of sp³-hybridized carbons (Fsp3) is 0.263. The third kappa shape index (κ3) is 5.47. The van der Waals surface area contributed by atoms with Crippen molar-refractivity contribution in [2.24, 2.45) is 0 Å². The maximum Gasteiger partial charge on any atom is 0.415 e. The first-order valence-corrected chi connectivity index (χ1v) is 12.3. The molecule has 0 fully saturated rings. The topological polar surface area (TPSA) is 58.2 Å². The molecule has 14 heteroatoms. The lowest BCUT2D eigenvalue weighted by Crippen LogP contribution is -2.63. The van der Waals surface area contributed by atoms with Crippen molar-refractivity contribution >= 4 is 122 Å². The number of alkyl halides is 9. The highest BCUT2D eigenvalue weighted by Gasteiger charge is 2.69. The fourth-order valence-electron chi connectivity index (χ4n) is 2.74. The molecule has 5 nitrogen and oxygen atoms in total. The molecule has 3 aromatic rings. The molecular weight excluding hydrogens is 621 g/mol. The molecule has 0 spiro atoms. The Hall–Kier alpha value is -0.210. The Kier molecular flexibility index (Phi) is 8.33. The van der Waals surface area contributed by atoms with E-state index in [4.69, 9.17) is 109 Å². The van der Waals surface area contributed by atoms with Crippen LogP contribution in [0.1, 0.15) is 11.4 Å². The van der Waals surface area contributed by atoms with Crippen molar-refractivity contribution in [3.63, 3.8) is 0 Å². The van der Waals surface area contributed by atoms with E-state index >= 15 is 0 Å². The number of nitrogens with zero attached hydrogens (tertiary/aromatic N) is 2. The van der Waals surface area contributed by atoms with Gasteiger partial charge in [-0.1, -0.05) is 147 Å². The minimum absolute atomic E-state index is 0.121. The van der Waals surface area contributed by atoms with Crippen LogP contribution in [0.5, 0.6) is 0 Å². The Labute approximate surface area is 234 Å². The SMILES string of the molecule is O=C(OCc1ccccc1)N(C(Cl)(Cl)Cl)C(Cl)(Cl)C(Cl)(Cl)C(Cl)(Cl)c1nc2ccccc2[nH]1. The number of carbonyl (C=O) groups is 1. The van der Waals surface area contributed by atoms with Crippen molar-refractivity contribution in [1.82, 2.24) is 14.9 Å². The van der Waals surface area contributed by atoms with Crippen LogP contribution < -0.4 is 0 Å². The third-order valence-corrected chi connectivity index (χ3v) is 8.61. The first-order valence-electron chi connectivity index (χ1n) is 8.86. The van der Waals surface area contributed by atoms with Crippen molar-refractivity contribution in [3.8, 4) is 0 Å². The summed E-state index contributed by atoms with van der Waals surface area (Å²) in [7, 11) is 0.